The number of benzene rings is 6. The van der Waals surface area contributed by atoms with E-state index in [2.05, 4.69) is 110 Å². The van der Waals surface area contributed by atoms with Crippen LogP contribution in [0.2, 0.25) is 0 Å². The second-order valence-electron chi connectivity index (χ2n) is 7.96. The predicted octanol–water partition coefficient (Wildman–Crippen LogP) is 8.27. The monoisotopic (exact) mass is 368 g/mol. The molecule has 0 heterocycles. The van der Waals surface area contributed by atoms with Crippen LogP contribution in [0, 0.1) is 6.92 Å². The van der Waals surface area contributed by atoms with Gasteiger partial charge < -0.3 is 0 Å². The molecule has 0 atom stereocenters. The lowest BCUT2D eigenvalue weighted by atomic mass is 9.91. The number of aryl methyl sites for hydroxylation is 1. The molecule has 0 aromatic heterocycles. The van der Waals surface area contributed by atoms with Crippen LogP contribution < -0.4 is 0 Å². The van der Waals surface area contributed by atoms with Crippen molar-refractivity contribution in [3.05, 3.63) is 109 Å². The van der Waals surface area contributed by atoms with E-state index in [0.29, 0.717) is 0 Å². The van der Waals surface area contributed by atoms with E-state index in [1.54, 1.807) is 0 Å². The molecule has 0 heteroatoms. The molecule has 0 saturated heterocycles. The Kier molecular flexibility index (Phi) is 3.48. The number of rotatable bonds is 1. The Morgan fingerprint density at radius 2 is 0.931 bits per heavy atom. The van der Waals surface area contributed by atoms with E-state index in [9.17, 15) is 0 Å². The molecule has 6 aromatic carbocycles. The molecule has 0 amide bonds. The average Bonchev–Trinajstić information content (AvgIpc) is 2.75. The molecule has 0 aliphatic carbocycles. The third-order valence-corrected chi connectivity index (χ3v) is 6.03. The molecule has 29 heavy (non-hydrogen) atoms. The highest BCUT2D eigenvalue weighted by atomic mass is 14.1. The van der Waals surface area contributed by atoms with Crippen molar-refractivity contribution in [1.29, 1.82) is 0 Å². The smallest absolute Gasteiger partial charge is 0.00988 e. The Hall–Kier alpha value is -3.64. The van der Waals surface area contributed by atoms with Gasteiger partial charge in [-0.05, 0) is 85.4 Å². The lowest BCUT2D eigenvalue weighted by molar-refractivity contribution is 1.51. The second-order valence-corrected chi connectivity index (χ2v) is 7.96. The minimum atomic E-state index is 1.29. The zero-order valence-corrected chi connectivity index (χ0v) is 16.3. The molecule has 0 radical (unpaired) electrons. The maximum Gasteiger partial charge on any atom is -0.00988 e. The average molecular weight is 368 g/mol. The summed E-state index contributed by atoms with van der Waals surface area (Å²) < 4.78 is 0. The summed E-state index contributed by atoms with van der Waals surface area (Å²) in [4.78, 5) is 0. The van der Waals surface area contributed by atoms with E-state index in [1.165, 1.54) is 59.8 Å². The summed E-state index contributed by atoms with van der Waals surface area (Å²) in [5.41, 5.74) is 3.89. The summed E-state index contributed by atoms with van der Waals surface area (Å²) in [5, 5.41) is 10.4. The molecular weight excluding hydrogens is 348 g/mol. The quantitative estimate of drug-likeness (QED) is 0.256. The molecular formula is C29H20. The van der Waals surface area contributed by atoms with Crippen LogP contribution in [0.5, 0.6) is 0 Å². The van der Waals surface area contributed by atoms with Gasteiger partial charge in [0.2, 0.25) is 0 Å². The Labute approximate surface area is 170 Å². The summed E-state index contributed by atoms with van der Waals surface area (Å²) in [6.07, 6.45) is 0. The first-order valence-electron chi connectivity index (χ1n) is 10.1. The van der Waals surface area contributed by atoms with Crippen LogP contribution in [0.1, 0.15) is 5.56 Å². The van der Waals surface area contributed by atoms with E-state index in [1.807, 2.05) is 0 Å². The first-order chi connectivity index (χ1) is 14.3. The Morgan fingerprint density at radius 3 is 1.66 bits per heavy atom. The summed E-state index contributed by atoms with van der Waals surface area (Å²) >= 11 is 0. The number of hydrogen-bond acceptors (Lipinski definition) is 0. The molecule has 0 aliphatic rings. The van der Waals surface area contributed by atoms with Crippen molar-refractivity contribution in [3.8, 4) is 11.1 Å². The van der Waals surface area contributed by atoms with Crippen LogP contribution >= 0.6 is 0 Å². The molecule has 136 valence electrons. The lowest BCUT2D eigenvalue weighted by Crippen LogP contribution is -1.86. The largest absolute Gasteiger partial charge is 0.0616 e. The van der Waals surface area contributed by atoms with Gasteiger partial charge in [-0.25, -0.2) is 0 Å². The minimum absolute atomic E-state index is 1.29. The van der Waals surface area contributed by atoms with Gasteiger partial charge in [0, 0.05) is 0 Å². The standard InChI is InChI=1S/C29H20/c1-19-12-13-26-22(14-19)8-4-10-27(26)28-11-5-9-23-17-24-15-20-6-2-3-7-21(20)16-25(24)18-29(23)28/h2-18H,1H3. The minimum Gasteiger partial charge on any atom is -0.0616 e. The molecule has 6 aromatic rings. The van der Waals surface area contributed by atoms with Gasteiger partial charge >= 0.3 is 0 Å². The Morgan fingerprint density at radius 1 is 0.379 bits per heavy atom. The van der Waals surface area contributed by atoms with Gasteiger partial charge in [0.15, 0.2) is 0 Å². The fraction of sp³-hybridized carbons (Fsp3) is 0.0345. The molecule has 0 aliphatic heterocycles. The molecule has 0 spiro atoms. The van der Waals surface area contributed by atoms with Crippen molar-refractivity contribution >= 4 is 43.1 Å². The van der Waals surface area contributed by atoms with Crippen molar-refractivity contribution < 1.29 is 0 Å². The molecule has 6 rings (SSSR count). The van der Waals surface area contributed by atoms with Gasteiger partial charge in [0.1, 0.15) is 0 Å². The molecule has 0 nitrogen and oxygen atoms in total. The molecule has 0 N–H and O–H groups in total. The van der Waals surface area contributed by atoms with Gasteiger partial charge in [0.05, 0.1) is 0 Å². The molecule has 0 bridgehead atoms. The highest BCUT2D eigenvalue weighted by molar-refractivity contribution is 6.11. The summed E-state index contributed by atoms with van der Waals surface area (Å²) in [5.74, 6) is 0. The highest BCUT2D eigenvalue weighted by Crippen LogP contribution is 2.36. The fourth-order valence-corrected chi connectivity index (χ4v) is 4.59. The van der Waals surface area contributed by atoms with Crippen molar-refractivity contribution in [1.82, 2.24) is 0 Å². The molecule has 0 saturated carbocycles. The van der Waals surface area contributed by atoms with Crippen LogP contribution in [0.15, 0.2) is 103 Å². The zero-order chi connectivity index (χ0) is 19.4. The zero-order valence-electron chi connectivity index (χ0n) is 16.3. The Balaban J connectivity index is 1.69. The predicted molar refractivity (Wildman–Crippen MR) is 127 cm³/mol. The van der Waals surface area contributed by atoms with Gasteiger partial charge in [-0.1, -0.05) is 84.4 Å². The first kappa shape index (κ1) is 16.3. The van der Waals surface area contributed by atoms with Gasteiger partial charge in [-0.15, -0.1) is 0 Å². The van der Waals surface area contributed by atoms with Gasteiger partial charge in [0.25, 0.3) is 0 Å². The van der Waals surface area contributed by atoms with E-state index in [4.69, 9.17) is 0 Å². The molecule has 0 unspecified atom stereocenters. The maximum absolute atomic E-state index is 2.36. The van der Waals surface area contributed by atoms with Gasteiger partial charge in [-0.2, -0.15) is 0 Å². The highest BCUT2D eigenvalue weighted by Gasteiger charge is 2.09. The lowest BCUT2D eigenvalue weighted by Gasteiger charge is -2.12. The van der Waals surface area contributed by atoms with Crippen LogP contribution in [0.3, 0.4) is 0 Å². The molecule has 0 fully saturated rings. The first-order valence-corrected chi connectivity index (χ1v) is 10.1. The summed E-state index contributed by atoms with van der Waals surface area (Å²) in [6.45, 7) is 2.15. The van der Waals surface area contributed by atoms with Crippen molar-refractivity contribution in [3.63, 3.8) is 0 Å². The third kappa shape index (κ3) is 2.61. The van der Waals surface area contributed by atoms with Crippen LogP contribution in [0.25, 0.3) is 54.2 Å². The topological polar surface area (TPSA) is 0 Å². The van der Waals surface area contributed by atoms with E-state index in [-0.39, 0.29) is 0 Å². The van der Waals surface area contributed by atoms with Crippen molar-refractivity contribution in [2.75, 3.05) is 0 Å². The van der Waals surface area contributed by atoms with Crippen LogP contribution in [-0.2, 0) is 0 Å². The maximum atomic E-state index is 2.36. The van der Waals surface area contributed by atoms with E-state index in [0.717, 1.165) is 0 Å². The third-order valence-electron chi connectivity index (χ3n) is 6.03. The fourth-order valence-electron chi connectivity index (χ4n) is 4.59. The Bertz CT molecular complexity index is 1550. The van der Waals surface area contributed by atoms with Crippen LogP contribution in [0.4, 0.5) is 0 Å². The number of fused-ring (bicyclic) bond motifs is 4. The normalized spacial score (nSPS) is 11.6. The van der Waals surface area contributed by atoms with Crippen LogP contribution in [-0.4, -0.2) is 0 Å². The number of hydrogen-bond donors (Lipinski definition) is 0. The van der Waals surface area contributed by atoms with Crippen molar-refractivity contribution in [2.45, 2.75) is 6.92 Å². The second kappa shape index (κ2) is 6.18. The summed E-state index contributed by atoms with van der Waals surface area (Å²) in [7, 11) is 0. The van der Waals surface area contributed by atoms with Crippen molar-refractivity contribution in [2.24, 2.45) is 0 Å². The summed E-state index contributed by atoms with van der Waals surface area (Å²) in [6, 6.07) is 37.9. The SMILES string of the molecule is Cc1ccc2c(-c3cccc4cc5cc6ccccc6cc5cc34)cccc2c1. The van der Waals surface area contributed by atoms with E-state index < -0.39 is 0 Å². The van der Waals surface area contributed by atoms with Gasteiger partial charge in [-0.3, -0.25) is 0 Å². The van der Waals surface area contributed by atoms with E-state index >= 15 is 0 Å².